The number of benzene rings is 2. The van der Waals surface area contributed by atoms with E-state index in [1.807, 2.05) is 24.3 Å². The summed E-state index contributed by atoms with van der Waals surface area (Å²) >= 11 is 0. The van der Waals surface area contributed by atoms with Crippen LogP contribution < -0.4 is 24.2 Å². The third-order valence-electron chi connectivity index (χ3n) is 7.62. The summed E-state index contributed by atoms with van der Waals surface area (Å²) in [7, 11) is 1.27. The second kappa shape index (κ2) is 9.74. The molecule has 2 aromatic rings. The smallest absolute Gasteiger partial charge is 0.240 e. The molecule has 1 heterocycles. The van der Waals surface area contributed by atoms with Crippen molar-refractivity contribution in [1.29, 1.82) is 0 Å². The summed E-state index contributed by atoms with van der Waals surface area (Å²) in [6.45, 7) is 0. The van der Waals surface area contributed by atoms with Crippen molar-refractivity contribution >= 4 is 15.7 Å². The Bertz CT molecular complexity index is 1200. The molecule has 2 N–H and O–H groups in total. The second-order valence-electron chi connectivity index (χ2n) is 9.64. The number of methoxy groups -OCH3 is 3. The number of hydrogen-bond donors (Lipinski definition) is 2. The molecule has 0 radical (unpaired) electrons. The Morgan fingerprint density at radius 1 is 0.943 bits per heavy atom. The van der Waals surface area contributed by atoms with Crippen LogP contribution in [0.15, 0.2) is 47.4 Å². The van der Waals surface area contributed by atoms with Crippen molar-refractivity contribution in [3.05, 3.63) is 53.6 Å². The van der Waals surface area contributed by atoms with Gasteiger partial charge in [0.15, 0.2) is 11.5 Å². The molecule has 1 fully saturated rings. The zero-order chi connectivity index (χ0) is 24.6. The molecular weight excluding hydrogens is 464 g/mol. The third-order valence-corrected chi connectivity index (χ3v) is 9.14. The van der Waals surface area contributed by atoms with E-state index < -0.39 is 10.0 Å². The fraction of sp³-hybridized carbons (Fsp3) is 0.481. The minimum atomic E-state index is -3.56. The molecule has 0 aromatic heterocycles. The number of nitrogens with one attached hydrogen (secondary N) is 2. The van der Waals surface area contributed by atoms with Crippen LogP contribution in [-0.2, 0) is 10.0 Å². The van der Waals surface area contributed by atoms with Crippen molar-refractivity contribution in [3.8, 4) is 17.2 Å². The quantitative estimate of drug-likeness (QED) is 0.514. The Morgan fingerprint density at radius 2 is 1.66 bits per heavy atom. The number of ether oxygens (including phenoxy) is 3. The predicted octanol–water partition coefficient (Wildman–Crippen LogP) is 5.15. The Kier molecular flexibility index (Phi) is 6.68. The molecule has 0 saturated heterocycles. The molecule has 7 nitrogen and oxygen atoms in total. The first-order valence-corrected chi connectivity index (χ1v) is 13.8. The number of rotatable bonds is 7. The molecule has 188 valence electrons. The highest BCUT2D eigenvalue weighted by molar-refractivity contribution is 7.89. The van der Waals surface area contributed by atoms with E-state index in [4.69, 9.17) is 14.2 Å². The van der Waals surface area contributed by atoms with Crippen molar-refractivity contribution in [2.75, 3.05) is 26.6 Å². The number of allylic oxidation sites excluding steroid dienone is 2. The molecule has 3 unspecified atom stereocenters. The van der Waals surface area contributed by atoms with E-state index in [0.29, 0.717) is 22.1 Å². The van der Waals surface area contributed by atoms with E-state index in [2.05, 4.69) is 22.2 Å². The lowest BCUT2D eigenvalue weighted by atomic mass is 9.77. The SMILES string of the molecule is COc1cc(C2Nc3ccc(S(=O)(=O)NC4CCCCC4)cc3C3C=CCC32)cc(OC)c1OC. The molecule has 2 aliphatic carbocycles. The summed E-state index contributed by atoms with van der Waals surface area (Å²) in [5, 5.41) is 3.68. The van der Waals surface area contributed by atoms with Crippen LogP contribution in [0.25, 0.3) is 0 Å². The van der Waals surface area contributed by atoms with Gasteiger partial charge in [0.05, 0.1) is 32.3 Å². The average molecular weight is 499 g/mol. The highest BCUT2D eigenvalue weighted by atomic mass is 32.2. The van der Waals surface area contributed by atoms with Gasteiger partial charge in [-0.05, 0) is 66.6 Å². The standard InChI is InChI=1S/C27H34N2O5S/c1-32-24-14-17(15-25(33-2)27(24)34-3)26-21-11-7-10-20(21)22-16-19(12-13-23(22)28-26)35(30,31)29-18-8-5-4-6-9-18/h7,10,12-16,18,20-21,26,28-29H,4-6,8-9,11H2,1-3H3. The van der Waals surface area contributed by atoms with Gasteiger partial charge >= 0.3 is 0 Å². The molecule has 0 spiro atoms. The Morgan fingerprint density at radius 3 is 2.31 bits per heavy atom. The van der Waals surface area contributed by atoms with Gasteiger partial charge in [0.25, 0.3) is 0 Å². The summed E-state index contributed by atoms with van der Waals surface area (Å²) in [6.07, 6.45) is 10.5. The van der Waals surface area contributed by atoms with Gasteiger partial charge in [0.2, 0.25) is 15.8 Å². The maximum Gasteiger partial charge on any atom is 0.240 e. The van der Waals surface area contributed by atoms with Crippen molar-refractivity contribution in [2.24, 2.45) is 5.92 Å². The van der Waals surface area contributed by atoms with Crippen LogP contribution in [0.3, 0.4) is 0 Å². The van der Waals surface area contributed by atoms with E-state index >= 15 is 0 Å². The molecule has 35 heavy (non-hydrogen) atoms. The van der Waals surface area contributed by atoms with Crippen LogP contribution in [0.2, 0.25) is 0 Å². The fourth-order valence-corrected chi connectivity index (χ4v) is 7.20. The van der Waals surface area contributed by atoms with Crippen LogP contribution in [0.4, 0.5) is 5.69 Å². The lowest BCUT2D eigenvalue weighted by Gasteiger charge is -2.38. The Balaban J connectivity index is 1.48. The molecule has 1 saturated carbocycles. The number of anilines is 1. The fourth-order valence-electron chi connectivity index (χ4n) is 5.86. The van der Waals surface area contributed by atoms with Crippen molar-refractivity contribution in [2.45, 2.75) is 61.4 Å². The summed E-state index contributed by atoms with van der Waals surface area (Å²) < 4.78 is 46.0. The summed E-state index contributed by atoms with van der Waals surface area (Å²) in [4.78, 5) is 0.342. The van der Waals surface area contributed by atoms with Crippen LogP contribution in [0.5, 0.6) is 17.2 Å². The monoisotopic (exact) mass is 498 g/mol. The maximum absolute atomic E-state index is 13.2. The molecule has 8 heteroatoms. The minimum Gasteiger partial charge on any atom is -0.493 e. The van der Waals surface area contributed by atoms with E-state index in [1.54, 1.807) is 27.4 Å². The van der Waals surface area contributed by atoms with Crippen LogP contribution >= 0.6 is 0 Å². The Hall–Kier alpha value is -2.71. The van der Waals surface area contributed by atoms with Crippen LogP contribution in [-0.4, -0.2) is 35.8 Å². The molecule has 3 aliphatic rings. The van der Waals surface area contributed by atoms with Crippen molar-refractivity contribution in [1.82, 2.24) is 4.72 Å². The van der Waals surface area contributed by atoms with E-state index in [9.17, 15) is 8.42 Å². The molecule has 0 bridgehead atoms. The van der Waals surface area contributed by atoms with Gasteiger partial charge in [-0.1, -0.05) is 31.4 Å². The summed E-state index contributed by atoms with van der Waals surface area (Å²) in [6, 6.07) is 9.50. The molecule has 0 amide bonds. The van der Waals surface area contributed by atoms with E-state index in [1.165, 1.54) is 6.42 Å². The largest absolute Gasteiger partial charge is 0.493 e. The third kappa shape index (κ3) is 4.49. The first-order chi connectivity index (χ1) is 16.9. The van der Waals surface area contributed by atoms with Gasteiger partial charge in [-0.25, -0.2) is 13.1 Å². The van der Waals surface area contributed by atoms with Gasteiger partial charge in [-0.2, -0.15) is 0 Å². The molecule has 5 rings (SSSR count). The first kappa shape index (κ1) is 24.0. The van der Waals surface area contributed by atoms with Gasteiger partial charge in [-0.3, -0.25) is 0 Å². The summed E-state index contributed by atoms with van der Waals surface area (Å²) in [5.74, 6) is 2.17. The minimum absolute atomic E-state index is 0.0130. The van der Waals surface area contributed by atoms with Gasteiger partial charge in [0, 0.05) is 17.6 Å². The molecule has 2 aromatic carbocycles. The van der Waals surface area contributed by atoms with Gasteiger partial charge < -0.3 is 19.5 Å². The normalized spacial score (nSPS) is 23.8. The number of hydrogen-bond acceptors (Lipinski definition) is 6. The Labute approximate surface area is 207 Å². The first-order valence-electron chi connectivity index (χ1n) is 12.3. The van der Waals surface area contributed by atoms with Gasteiger partial charge in [-0.15, -0.1) is 0 Å². The molecular formula is C27H34N2O5S. The van der Waals surface area contributed by atoms with Crippen molar-refractivity contribution in [3.63, 3.8) is 0 Å². The zero-order valence-corrected chi connectivity index (χ0v) is 21.4. The number of fused-ring (bicyclic) bond motifs is 3. The zero-order valence-electron chi connectivity index (χ0n) is 20.5. The van der Waals surface area contributed by atoms with Crippen LogP contribution in [0, 0.1) is 5.92 Å². The topological polar surface area (TPSA) is 85.9 Å². The highest BCUT2D eigenvalue weighted by Crippen LogP contribution is 2.52. The maximum atomic E-state index is 13.2. The number of sulfonamides is 1. The molecule has 3 atom stereocenters. The predicted molar refractivity (Wildman–Crippen MR) is 136 cm³/mol. The lowest BCUT2D eigenvalue weighted by Crippen LogP contribution is -2.36. The highest BCUT2D eigenvalue weighted by Gasteiger charge is 2.39. The van der Waals surface area contributed by atoms with Crippen LogP contribution in [0.1, 0.15) is 61.6 Å². The van der Waals surface area contributed by atoms with Gasteiger partial charge in [0.1, 0.15) is 0 Å². The second-order valence-corrected chi connectivity index (χ2v) is 11.4. The van der Waals surface area contributed by atoms with E-state index in [0.717, 1.165) is 48.9 Å². The average Bonchev–Trinajstić information content (AvgIpc) is 3.37. The van der Waals surface area contributed by atoms with E-state index in [-0.39, 0.29) is 23.9 Å². The summed E-state index contributed by atoms with van der Waals surface area (Å²) in [5.41, 5.74) is 3.02. The lowest BCUT2D eigenvalue weighted by molar-refractivity contribution is 0.322. The van der Waals surface area contributed by atoms with Crippen molar-refractivity contribution < 1.29 is 22.6 Å². The molecule has 1 aliphatic heterocycles.